The zero-order valence-electron chi connectivity index (χ0n) is 13.6. The normalized spacial score (nSPS) is 11.2. The van der Waals surface area contributed by atoms with Crippen LogP contribution in [0.3, 0.4) is 0 Å². The van der Waals surface area contributed by atoms with Crippen molar-refractivity contribution in [3.05, 3.63) is 24.0 Å². The van der Waals surface area contributed by atoms with Gasteiger partial charge >= 0.3 is 5.97 Å². The Hall–Kier alpha value is -2.11. The van der Waals surface area contributed by atoms with Gasteiger partial charge in [-0.1, -0.05) is 27.7 Å². The van der Waals surface area contributed by atoms with Crippen molar-refractivity contribution in [2.75, 3.05) is 19.9 Å². The number of aromatic nitrogens is 1. The molecular formula is C15H25N3O3. The van der Waals surface area contributed by atoms with Crippen molar-refractivity contribution < 1.29 is 14.3 Å². The van der Waals surface area contributed by atoms with E-state index in [-0.39, 0.29) is 17.5 Å². The van der Waals surface area contributed by atoms with Gasteiger partial charge < -0.3 is 15.4 Å². The standard InChI is InChI=1S/C13H19N3O3.C2H6/c1-8(2)11(13(18)19-4)16(3)12(17)10-6-5-9(14)7-15-10;1-2/h5-8,11H,14H2,1-4H3;1-2H3. The predicted molar refractivity (Wildman–Crippen MR) is 82.7 cm³/mol. The Morgan fingerprint density at radius 2 is 1.86 bits per heavy atom. The Balaban J connectivity index is 0.00000191. The van der Waals surface area contributed by atoms with Gasteiger partial charge in [0.2, 0.25) is 0 Å². The van der Waals surface area contributed by atoms with Gasteiger partial charge in [-0.05, 0) is 18.1 Å². The molecule has 1 amide bonds. The second kappa shape index (κ2) is 8.94. The van der Waals surface area contributed by atoms with Gasteiger partial charge in [-0.25, -0.2) is 9.78 Å². The summed E-state index contributed by atoms with van der Waals surface area (Å²) in [7, 11) is 2.86. The smallest absolute Gasteiger partial charge is 0.328 e. The molecule has 6 nitrogen and oxygen atoms in total. The minimum atomic E-state index is -0.642. The van der Waals surface area contributed by atoms with Crippen molar-refractivity contribution in [3.8, 4) is 0 Å². The number of esters is 1. The van der Waals surface area contributed by atoms with Gasteiger partial charge in [-0.15, -0.1) is 0 Å². The van der Waals surface area contributed by atoms with E-state index in [4.69, 9.17) is 10.5 Å². The largest absolute Gasteiger partial charge is 0.467 e. The highest BCUT2D eigenvalue weighted by molar-refractivity contribution is 5.95. The Morgan fingerprint density at radius 3 is 2.24 bits per heavy atom. The summed E-state index contributed by atoms with van der Waals surface area (Å²) in [5.74, 6) is -0.847. The summed E-state index contributed by atoms with van der Waals surface area (Å²) >= 11 is 0. The summed E-state index contributed by atoms with van der Waals surface area (Å²) in [6, 6.07) is 2.48. The fraction of sp³-hybridized carbons (Fsp3) is 0.533. The van der Waals surface area contributed by atoms with E-state index in [1.54, 1.807) is 13.1 Å². The van der Waals surface area contributed by atoms with Crippen LogP contribution in [0.1, 0.15) is 38.2 Å². The molecule has 1 rings (SSSR count). The van der Waals surface area contributed by atoms with Gasteiger partial charge in [0.15, 0.2) is 0 Å². The van der Waals surface area contributed by atoms with Crippen molar-refractivity contribution in [1.82, 2.24) is 9.88 Å². The molecule has 0 radical (unpaired) electrons. The number of hydrogen-bond acceptors (Lipinski definition) is 5. The van der Waals surface area contributed by atoms with Crippen molar-refractivity contribution in [2.45, 2.75) is 33.7 Å². The minimum absolute atomic E-state index is 0.0600. The first-order valence-corrected chi connectivity index (χ1v) is 6.95. The second-order valence-corrected chi connectivity index (χ2v) is 4.60. The van der Waals surface area contributed by atoms with E-state index in [9.17, 15) is 9.59 Å². The van der Waals surface area contributed by atoms with Crippen molar-refractivity contribution in [3.63, 3.8) is 0 Å². The molecule has 1 aromatic heterocycles. The fourth-order valence-corrected chi connectivity index (χ4v) is 1.84. The average molecular weight is 295 g/mol. The third-order valence-corrected chi connectivity index (χ3v) is 2.82. The highest BCUT2D eigenvalue weighted by Gasteiger charge is 2.31. The maximum atomic E-state index is 12.2. The Morgan fingerprint density at radius 1 is 1.29 bits per heavy atom. The van der Waals surface area contributed by atoms with Crippen LogP contribution in [0.25, 0.3) is 0 Å². The number of nitrogen functional groups attached to an aromatic ring is 1. The Labute approximate surface area is 126 Å². The number of nitrogens with zero attached hydrogens (tertiary/aromatic N) is 2. The SMILES string of the molecule is CC.COC(=O)C(C(C)C)N(C)C(=O)c1ccc(N)cn1. The molecule has 0 fully saturated rings. The van der Waals surface area contributed by atoms with E-state index in [1.807, 2.05) is 27.7 Å². The first-order valence-electron chi connectivity index (χ1n) is 6.95. The Kier molecular flexibility index (Phi) is 8.04. The molecule has 6 heteroatoms. The van der Waals surface area contributed by atoms with Gasteiger partial charge in [-0.2, -0.15) is 0 Å². The van der Waals surface area contributed by atoms with Crippen LogP contribution >= 0.6 is 0 Å². The van der Waals surface area contributed by atoms with Crippen molar-refractivity contribution in [1.29, 1.82) is 0 Å². The maximum Gasteiger partial charge on any atom is 0.328 e. The third-order valence-electron chi connectivity index (χ3n) is 2.82. The molecule has 0 bridgehead atoms. The van der Waals surface area contributed by atoms with Gasteiger partial charge in [0.25, 0.3) is 5.91 Å². The third kappa shape index (κ3) is 5.06. The van der Waals surface area contributed by atoms with Crippen LogP contribution in [-0.2, 0) is 9.53 Å². The number of rotatable bonds is 4. The number of carbonyl (C=O) groups excluding carboxylic acids is 2. The highest BCUT2D eigenvalue weighted by atomic mass is 16.5. The molecule has 1 unspecified atom stereocenters. The first-order chi connectivity index (χ1) is 9.88. The number of anilines is 1. The van der Waals surface area contributed by atoms with Crippen molar-refractivity contribution >= 4 is 17.6 Å². The number of methoxy groups -OCH3 is 1. The van der Waals surface area contributed by atoms with E-state index in [2.05, 4.69) is 4.98 Å². The molecule has 118 valence electrons. The lowest BCUT2D eigenvalue weighted by Gasteiger charge is -2.28. The molecule has 0 aliphatic heterocycles. The average Bonchev–Trinajstić information content (AvgIpc) is 2.48. The highest BCUT2D eigenvalue weighted by Crippen LogP contribution is 2.14. The summed E-state index contributed by atoms with van der Waals surface area (Å²) in [4.78, 5) is 29.3. The minimum Gasteiger partial charge on any atom is -0.467 e. The van der Waals surface area contributed by atoms with Crippen LogP contribution in [0.2, 0.25) is 0 Å². The number of nitrogens with two attached hydrogens (primary N) is 1. The first kappa shape index (κ1) is 18.9. The van der Waals surface area contributed by atoms with Crippen LogP contribution in [-0.4, -0.2) is 42.0 Å². The number of ether oxygens (including phenoxy) is 1. The number of amides is 1. The zero-order valence-corrected chi connectivity index (χ0v) is 13.6. The molecule has 2 N–H and O–H groups in total. The molecule has 0 aliphatic carbocycles. The summed E-state index contributed by atoms with van der Waals surface area (Å²) in [5, 5.41) is 0. The molecule has 0 aliphatic rings. The molecule has 0 aromatic carbocycles. The lowest BCUT2D eigenvalue weighted by atomic mass is 10.0. The molecule has 21 heavy (non-hydrogen) atoms. The number of hydrogen-bond donors (Lipinski definition) is 1. The van der Waals surface area contributed by atoms with E-state index in [0.717, 1.165) is 0 Å². The summed E-state index contributed by atoms with van der Waals surface area (Å²) in [6.07, 6.45) is 1.41. The van der Waals surface area contributed by atoms with E-state index >= 15 is 0 Å². The molecule has 1 aromatic rings. The van der Waals surface area contributed by atoms with E-state index in [1.165, 1.54) is 24.3 Å². The molecule has 1 heterocycles. The van der Waals surface area contributed by atoms with Gasteiger partial charge in [0.1, 0.15) is 11.7 Å². The number of pyridine rings is 1. The van der Waals surface area contributed by atoms with E-state index in [0.29, 0.717) is 5.69 Å². The lowest BCUT2D eigenvalue weighted by molar-refractivity contribution is -0.147. The topological polar surface area (TPSA) is 85.5 Å². The zero-order chi connectivity index (χ0) is 16.6. The van der Waals surface area contributed by atoms with E-state index < -0.39 is 12.0 Å². The van der Waals surface area contributed by atoms with Crippen LogP contribution in [0.5, 0.6) is 0 Å². The van der Waals surface area contributed by atoms with Gasteiger partial charge in [-0.3, -0.25) is 4.79 Å². The summed E-state index contributed by atoms with van der Waals surface area (Å²) in [5.41, 5.74) is 6.24. The monoisotopic (exact) mass is 295 g/mol. The van der Waals surface area contributed by atoms with Crippen LogP contribution in [0.4, 0.5) is 5.69 Å². The second-order valence-electron chi connectivity index (χ2n) is 4.60. The summed E-state index contributed by atoms with van der Waals surface area (Å²) in [6.45, 7) is 7.70. The summed E-state index contributed by atoms with van der Waals surface area (Å²) < 4.78 is 4.73. The Bertz CT molecular complexity index is 458. The number of likely N-dealkylation sites (N-methyl/N-ethyl adjacent to an activating group) is 1. The van der Waals surface area contributed by atoms with Crippen LogP contribution < -0.4 is 5.73 Å². The quantitative estimate of drug-likeness (QED) is 0.858. The predicted octanol–water partition coefficient (Wildman–Crippen LogP) is 1.96. The van der Waals surface area contributed by atoms with Gasteiger partial charge in [0, 0.05) is 7.05 Å². The fourth-order valence-electron chi connectivity index (χ4n) is 1.84. The van der Waals surface area contributed by atoms with Crippen molar-refractivity contribution in [2.24, 2.45) is 5.92 Å². The molecule has 1 atom stereocenters. The maximum absolute atomic E-state index is 12.2. The molecular weight excluding hydrogens is 270 g/mol. The van der Waals surface area contributed by atoms with Gasteiger partial charge in [0.05, 0.1) is 19.0 Å². The molecule has 0 saturated heterocycles. The van der Waals surface area contributed by atoms with Crippen LogP contribution in [0.15, 0.2) is 18.3 Å². The number of carbonyl (C=O) groups is 2. The molecule has 0 saturated carbocycles. The molecule has 0 spiro atoms. The van der Waals surface area contributed by atoms with Crippen LogP contribution in [0, 0.1) is 5.92 Å². The lowest BCUT2D eigenvalue weighted by Crippen LogP contribution is -2.46.